The Morgan fingerprint density at radius 3 is 2.61 bits per heavy atom. The van der Waals surface area contributed by atoms with Crippen LogP contribution in [0.1, 0.15) is 25.8 Å². The lowest BCUT2D eigenvalue weighted by Gasteiger charge is -2.27. The fraction of sp³-hybridized carbons (Fsp3) is 0.333. The molecule has 1 atom stereocenters. The van der Waals surface area contributed by atoms with Crippen LogP contribution in [0.3, 0.4) is 0 Å². The van der Waals surface area contributed by atoms with E-state index in [0.717, 1.165) is 24.0 Å². The molecule has 2 aromatic carbocycles. The van der Waals surface area contributed by atoms with E-state index in [-0.39, 0.29) is 23.4 Å². The number of halogens is 1. The maximum Gasteiger partial charge on any atom is 0.225 e. The third kappa shape index (κ3) is 3.93. The van der Waals surface area contributed by atoms with Gasteiger partial charge in [-0.2, -0.15) is 5.26 Å². The Balaban J connectivity index is 1.76. The number of para-hydroxylation sites is 2. The Kier molecular flexibility index (Phi) is 5.55. The summed E-state index contributed by atoms with van der Waals surface area (Å²) in [6.45, 7) is 5.17. The first-order valence-corrected chi connectivity index (χ1v) is 10.4. The fourth-order valence-electron chi connectivity index (χ4n) is 4.00. The number of amides is 1. The van der Waals surface area contributed by atoms with Gasteiger partial charge in [0.2, 0.25) is 5.91 Å². The minimum Gasteiger partial charge on any atom is -0.353 e. The van der Waals surface area contributed by atoms with E-state index in [1.807, 2.05) is 56.1 Å². The molecule has 2 heterocycles. The van der Waals surface area contributed by atoms with Gasteiger partial charge in [0.25, 0.3) is 0 Å². The average Bonchev–Trinajstić information content (AvgIpc) is 3.27. The molecular formula is C24H24FN5O. The smallest absolute Gasteiger partial charge is 0.225 e. The van der Waals surface area contributed by atoms with Crippen molar-refractivity contribution in [2.45, 2.75) is 26.3 Å². The van der Waals surface area contributed by atoms with Crippen molar-refractivity contribution in [1.82, 2.24) is 14.9 Å². The van der Waals surface area contributed by atoms with Crippen LogP contribution in [0.5, 0.6) is 0 Å². The molecule has 6 nitrogen and oxygen atoms in total. The van der Waals surface area contributed by atoms with E-state index >= 15 is 0 Å². The van der Waals surface area contributed by atoms with Crippen molar-refractivity contribution in [3.05, 3.63) is 53.8 Å². The number of carbonyl (C=O) groups excluding carboxylic acids is 1. The van der Waals surface area contributed by atoms with Gasteiger partial charge in [-0.3, -0.25) is 4.79 Å². The zero-order chi connectivity index (χ0) is 22.1. The molecule has 3 aromatic rings. The van der Waals surface area contributed by atoms with Crippen LogP contribution in [-0.2, 0) is 4.79 Å². The standard InChI is InChI=1S/C24H24FN5O/c1-15(2)24(31)29(3)18-10-11-30(14-18)23-22(16-8-9-19(25)17(12-16)13-26)27-20-6-4-5-7-21(20)28-23/h4-9,12,15,18H,10-11,14H2,1-3H3/t18-/m0/s1. The minimum atomic E-state index is -0.559. The van der Waals surface area contributed by atoms with Gasteiger partial charge in [-0.25, -0.2) is 14.4 Å². The molecule has 0 aliphatic carbocycles. The molecule has 0 bridgehead atoms. The highest BCUT2D eigenvalue weighted by Crippen LogP contribution is 2.33. The van der Waals surface area contributed by atoms with Gasteiger partial charge in [0, 0.05) is 31.6 Å². The first-order chi connectivity index (χ1) is 14.9. The number of hydrogen-bond donors (Lipinski definition) is 0. The Labute approximate surface area is 180 Å². The number of likely N-dealkylation sites (N-methyl/N-ethyl adjacent to an activating group) is 1. The summed E-state index contributed by atoms with van der Waals surface area (Å²) in [7, 11) is 1.85. The number of nitrogens with zero attached hydrogens (tertiary/aromatic N) is 5. The summed E-state index contributed by atoms with van der Waals surface area (Å²) in [6.07, 6.45) is 0.829. The van der Waals surface area contributed by atoms with Crippen LogP contribution in [0.2, 0.25) is 0 Å². The monoisotopic (exact) mass is 417 g/mol. The summed E-state index contributed by atoms with van der Waals surface area (Å²) in [5.74, 6) is 0.186. The van der Waals surface area contributed by atoms with E-state index < -0.39 is 5.82 Å². The lowest BCUT2D eigenvalue weighted by molar-refractivity contribution is -0.134. The van der Waals surface area contributed by atoms with E-state index in [1.54, 1.807) is 6.07 Å². The molecule has 158 valence electrons. The van der Waals surface area contributed by atoms with Crippen LogP contribution in [0.15, 0.2) is 42.5 Å². The Hall–Kier alpha value is -3.53. The number of hydrogen-bond acceptors (Lipinski definition) is 5. The SMILES string of the molecule is CC(C)C(=O)N(C)[C@H]1CCN(c2nc3ccccc3nc2-c2ccc(F)c(C#N)c2)C1. The number of aromatic nitrogens is 2. The third-order valence-electron chi connectivity index (χ3n) is 5.76. The van der Waals surface area contributed by atoms with Crippen molar-refractivity contribution in [1.29, 1.82) is 5.26 Å². The second kappa shape index (κ2) is 8.31. The van der Waals surface area contributed by atoms with E-state index in [1.165, 1.54) is 12.1 Å². The fourth-order valence-corrected chi connectivity index (χ4v) is 4.00. The molecule has 1 aliphatic heterocycles. The van der Waals surface area contributed by atoms with E-state index in [4.69, 9.17) is 9.97 Å². The van der Waals surface area contributed by atoms with Crippen molar-refractivity contribution < 1.29 is 9.18 Å². The summed E-state index contributed by atoms with van der Waals surface area (Å²) in [6, 6.07) is 14.0. The summed E-state index contributed by atoms with van der Waals surface area (Å²) in [4.78, 5) is 26.1. The Morgan fingerprint density at radius 2 is 1.94 bits per heavy atom. The Bertz CT molecular complexity index is 1190. The molecule has 1 saturated heterocycles. The summed E-state index contributed by atoms with van der Waals surface area (Å²) >= 11 is 0. The van der Waals surface area contributed by atoms with Crippen molar-refractivity contribution in [3.63, 3.8) is 0 Å². The highest BCUT2D eigenvalue weighted by Gasteiger charge is 2.31. The maximum atomic E-state index is 13.9. The second-order valence-corrected chi connectivity index (χ2v) is 8.18. The predicted octanol–water partition coefficient (Wildman–Crippen LogP) is 4.00. The van der Waals surface area contributed by atoms with Gasteiger partial charge in [-0.1, -0.05) is 26.0 Å². The van der Waals surface area contributed by atoms with E-state index in [9.17, 15) is 14.4 Å². The van der Waals surface area contributed by atoms with E-state index in [0.29, 0.717) is 23.6 Å². The molecule has 31 heavy (non-hydrogen) atoms. The summed E-state index contributed by atoms with van der Waals surface area (Å²) in [5, 5.41) is 9.26. The van der Waals surface area contributed by atoms with Crippen LogP contribution in [0, 0.1) is 23.1 Å². The molecule has 4 rings (SSSR count). The molecule has 1 amide bonds. The summed E-state index contributed by atoms with van der Waals surface area (Å²) < 4.78 is 13.9. The number of nitriles is 1. The number of rotatable bonds is 4. The predicted molar refractivity (Wildman–Crippen MR) is 118 cm³/mol. The molecule has 1 aromatic heterocycles. The number of anilines is 1. The molecule has 0 unspecified atom stereocenters. The molecule has 0 N–H and O–H groups in total. The van der Waals surface area contributed by atoms with E-state index in [2.05, 4.69) is 4.90 Å². The van der Waals surface area contributed by atoms with Crippen molar-refractivity contribution in [3.8, 4) is 17.3 Å². The van der Waals surface area contributed by atoms with Gasteiger partial charge in [-0.15, -0.1) is 0 Å². The highest BCUT2D eigenvalue weighted by molar-refractivity contribution is 5.84. The van der Waals surface area contributed by atoms with Gasteiger partial charge >= 0.3 is 0 Å². The molecule has 0 spiro atoms. The zero-order valence-electron chi connectivity index (χ0n) is 17.8. The topological polar surface area (TPSA) is 73.1 Å². The van der Waals surface area contributed by atoms with Crippen LogP contribution in [0.25, 0.3) is 22.3 Å². The van der Waals surface area contributed by atoms with Gasteiger partial charge in [-0.05, 0) is 36.8 Å². The lowest BCUT2D eigenvalue weighted by atomic mass is 10.1. The number of benzene rings is 2. The highest BCUT2D eigenvalue weighted by atomic mass is 19.1. The molecule has 7 heteroatoms. The molecule has 1 aliphatic rings. The van der Waals surface area contributed by atoms with Gasteiger partial charge in [0.05, 0.1) is 22.6 Å². The average molecular weight is 417 g/mol. The quantitative estimate of drug-likeness (QED) is 0.642. The minimum absolute atomic E-state index is 0.0278. The number of carbonyl (C=O) groups is 1. The van der Waals surface area contributed by atoms with Crippen molar-refractivity contribution in [2.24, 2.45) is 5.92 Å². The summed E-state index contributed by atoms with van der Waals surface area (Å²) in [5.41, 5.74) is 2.71. The van der Waals surface area contributed by atoms with Crippen LogP contribution in [-0.4, -0.2) is 47.0 Å². The van der Waals surface area contributed by atoms with Crippen molar-refractivity contribution >= 4 is 22.8 Å². The first-order valence-electron chi connectivity index (χ1n) is 10.4. The largest absolute Gasteiger partial charge is 0.353 e. The molecular weight excluding hydrogens is 393 g/mol. The van der Waals surface area contributed by atoms with Gasteiger partial charge in [0.1, 0.15) is 17.6 Å². The normalized spacial score (nSPS) is 16.0. The second-order valence-electron chi connectivity index (χ2n) is 8.18. The maximum absolute atomic E-state index is 13.9. The van der Waals surface area contributed by atoms with Crippen LogP contribution >= 0.6 is 0 Å². The number of fused-ring (bicyclic) bond motifs is 1. The molecule has 0 saturated carbocycles. The van der Waals surface area contributed by atoms with Gasteiger partial charge in [0.15, 0.2) is 5.82 Å². The van der Waals surface area contributed by atoms with Crippen molar-refractivity contribution in [2.75, 3.05) is 25.0 Å². The third-order valence-corrected chi connectivity index (χ3v) is 5.76. The van der Waals surface area contributed by atoms with Gasteiger partial charge < -0.3 is 9.80 Å². The van der Waals surface area contributed by atoms with Crippen LogP contribution in [0.4, 0.5) is 10.2 Å². The zero-order valence-corrected chi connectivity index (χ0v) is 17.8. The Morgan fingerprint density at radius 1 is 1.23 bits per heavy atom. The molecule has 1 fully saturated rings. The lowest BCUT2D eigenvalue weighted by Crippen LogP contribution is -2.41. The first kappa shape index (κ1) is 20.7. The van der Waals surface area contributed by atoms with Crippen LogP contribution < -0.4 is 4.90 Å². The molecule has 0 radical (unpaired) electrons.